The molecule has 0 aromatic carbocycles. The molecule has 0 aromatic heterocycles. The van der Waals surface area contributed by atoms with E-state index in [0.29, 0.717) is 11.8 Å². The molecule has 0 bridgehead atoms. The third kappa shape index (κ3) is 9.81. The van der Waals surface area contributed by atoms with Gasteiger partial charge < -0.3 is 5.11 Å². The summed E-state index contributed by atoms with van der Waals surface area (Å²) in [4.78, 5) is 10.4. The second-order valence-electron chi connectivity index (χ2n) is 6.73. The van der Waals surface area contributed by atoms with Crippen LogP contribution in [-0.2, 0) is 4.79 Å². The van der Waals surface area contributed by atoms with Gasteiger partial charge in [-0.1, -0.05) is 63.3 Å². The van der Waals surface area contributed by atoms with Crippen molar-refractivity contribution in [2.75, 3.05) is 0 Å². The highest BCUT2D eigenvalue weighted by molar-refractivity contribution is 5.66. The zero-order valence-corrected chi connectivity index (χ0v) is 14.4. The maximum absolute atomic E-state index is 10.4. The molecule has 0 aliphatic heterocycles. The van der Waals surface area contributed by atoms with Crippen molar-refractivity contribution < 1.29 is 9.90 Å². The molecule has 1 aliphatic carbocycles. The highest BCUT2D eigenvalue weighted by Gasteiger charge is 2.36. The lowest BCUT2D eigenvalue weighted by molar-refractivity contribution is -0.137. The topological polar surface area (TPSA) is 37.3 Å². The van der Waals surface area contributed by atoms with Crippen LogP contribution in [0.4, 0.5) is 0 Å². The average molecular weight is 306 g/mol. The summed E-state index contributed by atoms with van der Waals surface area (Å²) < 4.78 is 0. The van der Waals surface area contributed by atoms with Gasteiger partial charge in [-0.25, -0.2) is 0 Å². The third-order valence-electron chi connectivity index (χ3n) is 4.46. The normalized spacial score (nSPS) is 16.6. The van der Waals surface area contributed by atoms with Crippen molar-refractivity contribution in [2.24, 2.45) is 5.41 Å². The molecule has 0 atom stereocenters. The summed E-state index contributed by atoms with van der Waals surface area (Å²) in [6, 6.07) is 0. The van der Waals surface area contributed by atoms with Crippen molar-refractivity contribution in [3.63, 3.8) is 0 Å². The van der Waals surface area contributed by atoms with E-state index in [4.69, 9.17) is 5.11 Å². The summed E-state index contributed by atoms with van der Waals surface area (Å²) in [5.41, 5.74) is 0.410. The predicted octanol–water partition coefficient (Wildman–Crippen LogP) is 6.27. The molecule has 0 radical (unpaired) electrons. The Hall–Kier alpha value is -1.05. The summed E-state index contributed by atoms with van der Waals surface area (Å²) in [5, 5.41) is 8.56. The third-order valence-corrected chi connectivity index (χ3v) is 4.46. The molecule has 0 spiro atoms. The molecule has 2 nitrogen and oxygen atoms in total. The molecule has 1 saturated carbocycles. The Bertz CT molecular complexity index is 351. The standard InChI is InChI=1S/C20H34O2/c1-2-3-4-9-12-15-20(17-18-20)16-13-10-7-5-6-8-11-14-19(21)22/h12-13,15-16H,2-11,14,17-18H2,1H3,(H,21,22). The first kappa shape index (κ1) is 19.0. The van der Waals surface area contributed by atoms with Crippen LogP contribution in [0, 0.1) is 5.41 Å². The number of unbranched alkanes of at least 4 members (excludes halogenated alkanes) is 8. The van der Waals surface area contributed by atoms with Gasteiger partial charge in [0.25, 0.3) is 0 Å². The Morgan fingerprint density at radius 3 is 2.00 bits per heavy atom. The quantitative estimate of drug-likeness (QED) is 0.303. The number of hydrogen-bond donors (Lipinski definition) is 1. The Kier molecular flexibility index (Phi) is 9.94. The van der Waals surface area contributed by atoms with Crippen LogP contribution in [0.2, 0.25) is 0 Å². The molecule has 126 valence electrons. The van der Waals surface area contributed by atoms with Crippen molar-refractivity contribution in [2.45, 2.75) is 90.4 Å². The molecule has 0 heterocycles. The van der Waals surface area contributed by atoms with Gasteiger partial charge in [-0.3, -0.25) is 4.79 Å². The van der Waals surface area contributed by atoms with Gasteiger partial charge in [0.15, 0.2) is 0 Å². The fraction of sp³-hybridized carbons (Fsp3) is 0.750. The van der Waals surface area contributed by atoms with Crippen LogP contribution in [0.15, 0.2) is 24.3 Å². The maximum Gasteiger partial charge on any atom is 0.303 e. The number of carboxylic acid groups (broad SMARTS) is 1. The van der Waals surface area contributed by atoms with Crippen LogP contribution in [0.25, 0.3) is 0 Å². The number of rotatable bonds is 14. The molecule has 0 unspecified atom stereocenters. The molecule has 0 aromatic rings. The van der Waals surface area contributed by atoms with E-state index in [9.17, 15) is 4.79 Å². The Labute approximate surface area is 136 Å². The molecule has 1 fully saturated rings. The highest BCUT2D eigenvalue weighted by Crippen LogP contribution is 2.48. The van der Waals surface area contributed by atoms with E-state index in [1.807, 2.05) is 0 Å². The van der Waals surface area contributed by atoms with E-state index < -0.39 is 5.97 Å². The van der Waals surface area contributed by atoms with Gasteiger partial charge in [-0.2, -0.15) is 0 Å². The van der Waals surface area contributed by atoms with Crippen LogP contribution in [0.3, 0.4) is 0 Å². The zero-order chi connectivity index (χ0) is 16.1. The lowest BCUT2D eigenvalue weighted by Crippen LogP contribution is -1.93. The van der Waals surface area contributed by atoms with E-state index in [-0.39, 0.29) is 0 Å². The Morgan fingerprint density at radius 1 is 0.909 bits per heavy atom. The van der Waals surface area contributed by atoms with Gasteiger partial charge in [0.2, 0.25) is 0 Å². The predicted molar refractivity (Wildman–Crippen MR) is 94.0 cm³/mol. The smallest absolute Gasteiger partial charge is 0.303 e. The van der Waals surface area contributed by atoms with E-state index in [1.54, 1.807) is 0 Å². The maximum atomic E-state index is 10.4. The molecule has 0 amide bonds. The number of carbonyl (C=O) groups is 1. The second-order valence-corrected chi connectivity index (χ2v) is 6.73. The summed E-state index contributed by atoms with van der Waals surface area (Å²) >= 11 is 0. The molecular weight excluding hydrogens is 272 g/mol. The van der Waals surface area contributed by atoms with Crippen molar-refractivity contribution in [1.82, 2.24) is 0 Å². The molecule has 1 N–H and O–H groups in total. The Balaban J connectivity index is 1.99. The minimum absolute atomic E-state index is 0.326. The van der Waals surface area contributed by atoms with Gasteiger partial charge in [0.1, 0.15) is 0 Å². The van der Waals surface area contributed by atoms with E-state index in [0.717, 1.165) is 12.8 Å². The van der Waals surface area contributed by atoms with Gasteiger partial charge >= 0.3 is 5.97 Å². The lowest BCUT2D eigenvalue weighted by Gasteiger charge is -2.03. The average Bonchev–Trinajstić information content (AvgIpc) is 3.25. The Morgan fingerprint density at radius 2 is 1.45 bits per heavy atom. The molecule has 1 aliphatic rings. The van der Waals surface area contributed by atoms with Gasteiger partial charge in [-0.05, 0) is 44.9 Å². The first-order valence-corrected chi connectivity index (χ1v) is 9.26. The molecule has 0 saturated heterocycles. The van der Waals surface area contributed by atoms with Crippen LogP contribution in [-0.4, -0.2) is 11.1 Å². The first-order chi connectivity index (χ1) is 10.7. The van der Waals surface area contributed by atoms with Crippen LogP contribution < -0.4 is 0 Å². The number of allylic oxidation sites excluding steroid dienone is 4. The molecule has 2 heteroatoms. The van der Waals surface area contributed by atoms with E-state index in [1.165, 1.54) is 64.2 Å². The molecular formula is C20H34O2. The monoisotopic (exact) mass is 306 g/mol. The van der Waals surface area contributed by atoms with Crippen molar-refractivity contribution in [1.29, 1.82) is 0 Å². The fourth-order valence-electron chi connectivity index (χ4n) is 2.75. The number of aliphatic carboxylic acids is 1. The second kappa shape index (κ2) is 11.5. The minimum Gasteiger partial charge on any atom is -0.481 e. The van der Waals surface area contributed by atoms with E-state index >= 15 is 0 Å². The van der Waals surface area contributed by atoms with Crippen LogP contribution in [0.1, 0.15) is 90.4 Å². The SMILES string of the molecule is CCCCCC=CC1(C=CCCCCCCCC(=O)O)CC1. The van der Waals surface area contributed by atoms with Gasteiger partial charge in [-0.15, -0.1) is 0 Å². The van der Waals surface area contributed by atoms with E-state index in [2.05, 4.69) is 31.2 Å². The summed E-state index contributed by atoms with van der Waals surface area (Å²) in [6.45, 7) is 2.25. The van der Waals surface area contributed by atoms with Crippen molar-refractivity contribution in [3.8, 4) is 0 Å². The van der Waals surface area contributed by atoms with Crippen LogP contribution in [0.5, 0.6) is 0 Å². The first-order valence-electron chi connectivity index (χ1n) is 9.26. The summed E-state index contributed by atoms with van der Waals surface area (Å²) in [7, 11) is 0. The van der Waals surface area contributed by atoms with Crippen LogP contribution >= 0.6 is 0 Å². The van der Waals surface area contributed by atoms with Crippen molar-refractivity contribution in [3.05, 3.63) is 24.3 Å². The lowest BCUT2D eigenvalue weighted by atomic mass is 10.0. The fourth-order valence-corrected chi connectivity index (χ4v) is 2.75. The largest absolute Gasteiger partial charge is 0.481 e. The molecule has 22 heavy (non-hydrogen) atoms. The van der Waals surface area contributed by atoms with Crippen molar-refractivity contribution >= 4 is 5.97 Å². The summed E-state index contributed by atoms with van der Waals surface area (Å²) in [5.74, 6) is -0.666. The summed E-state index contributed by atoms with van der Waals surface area (Å²) in [6.07, 6.45) is 24.5. The highest BCUT2D eigenvalue weighted by atomic mass is 16.4. The number of hydrogen-bond acceptors (Lipinski definition) is 1. The van der Waals surface area contributed by atoms with Gasteiger partial charge in [0.05, 0.1) is 0 Å². The van der Waals surface area contributed by atoms with Gasteiger partial charge in [0, 0.05) is 11.8 Å². The zero-order valence-electron chi connectivity index (χ0n) is 14.4. The minimum atomic E-state index is -0.666. The number of carboxylic acids is 1. The molecule has 1 rings (SSSR count).